The number of benzene rings is 3. The van der Waals surface area contributed by atoms with E-state index in [1.54, 1.807) is 23.0 Å². The summed E-state index contributed by atoms with van der Waals surface area (Å²) in [6.45, 7) is 0.377. The zero-order valence-electron chi connectivity index (χ0n) is 25.2. The molecule has 0 radical (unpaired) electrons. The lowest BCUT2D eigenvalue weighted by Crippen LogP contribution is -2.32. The molecule has 0 aliphatic carbocycles. The number of nitrogens with one attached hydrogen (secondary N) is 2. The summed E-state index contributed by atoms with van der Waals surface area (Å²) in [5, 5.41) is 15.8. The van der Waals surface area contributed by atoms with Crippen molar-refractivity contribution in [1.82, 2.24) is 9.55 Å². The van der Waals surface area contributed by atoms with Gasteiger partial charge < -0.3 is 35.5 Å². The first-order chi connectivity index (χ1) is 22.3. The van der Waals surface area contributed by atoms with Crippen LogP contribution in [0.2, 0.25) is 10.3 Å². The highest BCUT2D eigenvalue weighted by atomic mass is 35.5. The molecular formula is C34H37Cl2N5O5. The van der Waals surface area contributed by atoms with E-state index in [2.05, 4.69) is 15.6 Å². The minimum atomic E-state index is -0.715. The molecule has 3 unspecified atom stereocenters. The van der Waals surface area contributed by atoms with E-state index in [0.717, 1.165) is 23.1 Å². The molecule has 10 nitrogen and oxygen atoms in total. The summed E-state index contributed by atoms with van der Waals surface area (Å²) < 4.78 is 14.6. The molecule has 5 N–H and O–H groups in total. The van der Waals surface area contributed by atoms with E-state index in [4.69, 9.17) is 38.4 Å². The fourth-order valence-electron chi connectivity index (χ4n) is 5.28. The predicted molar refractivity (Wildman–Crippen MR) is 178 cm³/mol. The molecule has 1 saturated heterocycles. The molecular weight excluding hydrogens is 629 g/mol. The van der Waals surface area contributed by atoms with E-state index in [0.29, 0.717) is 60.9 Å². The lowest BCUT2D eigenvalue weighted by molar-refractivity contribution is -0.252. The van der Waals surface area contributed by atoms with Gasteiger partial charge in [-0.25, -0.2) is 4.98 Å². The number of hydrogen-bond donors (Lipinski definition) is 4. The van der Waals surface area contributed by atoms with Gasteiger partial charge in [-0.2, -0.15) is 0 Å². The van der Waals surface area contributed by atoms with Crippen molar-refractivity contribution in [2.24, 2.45) is 0 Å². The summed E-state index contributed by atoms with van der Waals surface area (Å²) in [5.41, 5.74) is 10.2. The van der Waals surface area contributed by atoms with Crippen molar-refractivity contribution in [1.29, 1.82) is 0 Å². The Hall–Kier alpha value is -3.93. The second kappa shape index (κ2) is 16.1. The van der Waals surface area contributed by atoms with Gasteiger partial charge in [-0.3, -0.25) is 9.59 Å². The third-order valence-electron chi connectivity index (χ3n) is 7.73. The smallest absolute Gasteiger partial charge is 0.224 e. The molecule has 1 aliphatic heterocycles. The van der Waals surface area contributed by atoms with Gasteiger partial charge in [-0.05, 0) is 48.2 Å². The molecule has 0 spiro atoms. The third-order valence-corrected chi connectivity index (χ3v) is 8.50. The standard InChI is InChI=1S/C34H37Cl2N5O5/c35-32-33(36)41(21-38-32)19-26-18-29(23-15-13-22(20-42)14-16-23)46-34(45-26)24-7-6-8-25(17-24)39-30(43)11-2-1-3-12-31(44)40-28-10-5-4-9-27(28)37/h4-10,13-17,21,26,29,34,42H,1-3,11-12,18-20,37H2,(H,39,43)(H,40,44). The van der Waals surface area contributed by atoms with E-state index < -0.39 is 6.29 Å². The molecule has 3 aromatic carbocycles. The lowest BCUT2D eigenvalue weighted by atomic mass is 10.00. The molecule has 0 bridgehead atoms. The van der Waals surface area contributed by atoms with Crippen LogP contribution in [0.1, 0.15) is 67.6 Å². The molecule has 242 valence electrons. The van der Waals surface area contributed by atoms with Gasteiger partial charge in [-0.15, -0.1) is 0 Å². The number of aliphatic hydroxyl groups is 1. The van der Waals surface area contributed by atoms with E-state index >= 15 is 0 Å². The Bertz CT molecular complexity index is 1630. The van der Waals surface area contributed by atoms with Crippen LogP contribution in [0.3, 0.4) is 0 Å². The molecule has 5 rings (SSSR count). The number of ether oxygens (including phenoxy) is 2. The van der Waals surface area contributed by atoms with Crippen LogP contribution in [0, 0.1) is 0 Å². The van der Waals surface area contributed by atoms with E-state index in [1.807, 2.05) is 60.7 Å². The quantitative estimate of drug-likeness (QED) is 0.0887. The molecule has 1 aliphatic rings. The zero-order chi connectivity index (χ0) is 32.5. The molecule has 0 saturated carbocycles. The van der Waals surface area contributed by atoms with Crippen molar-refractivity contribution in [2.45, 2.75) is 70.2 Å². The number of hydrogen-bond acceptors (Lipinski definition) is 7. The Morgan fingerprint density at radius 1 is 0.913 bits per heavy atom. The van der Waals surface area contributed by atoms with Crippen LogP contribution in [0.25, 0.3) is 0 Å². The molecule has 12 heteroatoms. The van der Waals surface area contributed by atoms with Crippen LogP contribution >= 0.6 is 23.2 Å². The molecule has 1 fully saturated rings. The fourth-order valence-corrected chi connectivity index (χ4v) is 5.59. The largest absolute Gasteiger partial charge is 0.397 e. The molecule has 1 aromatic heterocycles. The first-order valence-corrected chi connectivity index (χ1v) is 16.0. The van der Waals surface area contributed by atoms with Crippen molar-refractivity contribution in [3.8, 4) is 0 Å². The highest BCUT2D eigenvalue weighted by Gasteiger charge is 2.33. The van der Waals surface area contributed by atoms with Gasteiger partial charge in [0, 0.05) is 30.5 Å². The number of anilines is 3. The van der Waals surface area contributed by atoms with Gasteiger partial charge in [-0.1, -0.05) is 78.2 Å². The number of unbranched alkanes of at least 4 members (excludes halogenated alkanes) is 2. The average molecular weight is 667 g/mol. The van der Waals surface area contributed by atoms with Crippen molar-refractivity contribution in [2.75, 3.05) is 16.4 Å². The minimum absolute atomic E-state index is 0.0413. The minimum Gasteiger partial charge on any atom is -0.397 e. The first-order valence-electron chi connectivity index (χ1n) is 15.2. The third kappa shape index (κ3) is 9.08. The van der Waals surface area contributed by atoms with Crippen LogP contribution in [0.15, 0.2) is 79.1 Å². The van der Waals surface area contributed by atoms with E-state index in [1.165, 1.54) is 0 Å². The maximum atomic E-state index is 12.7. The molecule has 4 aromatic rings. The summed E-state index contributed by atoms with van der Waals surface area (Å²) >= 11 is 12.4. The van der Waals surface area contributed by atoms with Crippen LogP contribution in [0.5, 0.6) is 0 Å². The Balaban J connectivity index is 1.16. The number of nitrogen functional groups attached to an aromatic ring is 1. The molecule has 3 atom stereocenters. The number of rotatable bonds is 13. The highest BCUT2D eigenvalue weighted by molar-refractivity contribution is 6.40. The van der Waals surface area contributed by atoms with Crippen LogP contribution in [-0.4, -0.2) is 32.6 Å². The number of amides is 2. The van der Waals surface area contributed by atoms with Crippen molar-refractivity contribution in [3.63, 3.8) is 0 Å². The topological polar surface area (TPSA) is 141 Å². The van der Waals surface area contributed by atoms with Gasteiger partial charge in [0.25, 0.3) is 0 Å². The van der Waals surface area contributed by atoms with Crippen LogP contribution in [0.4, 0.5) is 17.1 Å². The Morgan fingerprint density at radius 3 is 2.35 bits per heavy atom. The van der Waals surface area contributed by atoms with Gasteiger partial charge in [0.1, 0.15) is 5.15 Å². The van der Waals surface area contributed by atoms with Gasteiger partial charge >= 0.3 is 0 Å². The van der Waals surface area contributed by atoms with Crippen molar-refractivity contribution < 1.29 is 24.2 Å². The Labute approximate surface area is 277 Å². The number of aliphatic hydroxyl groups excluding tert-OH is 1. The average Bonchev–Trinajstić information content (AvgIpc) is 3.37. The van der Waals surface area contributed by atoms with E-state index in [-0.39, 0.29) is 35.8 Å². The van der Waals surface area contributed by atoms with Crippen molar-refractivity contribution in [3.05, 3.63) is 106 Å². The zero-order valence-corrected chi connectivity index (χ0v) is 26.7. The normalized spacial score (nSPS) is 17.8. The van der Waals surface area contributed by atoms with Crippen LogP contribution in [-0.2, 0) is 32.2 Å². The monoisotopic (exact) mass is 665 g/mol. The summed E-state index contributed by atoms with van der Waals surface area (Å²) in [4.78, 5) is 29.0. The van der Waals surface area contributed by atoms with Crippen LogP contribution < -0.4 is 16.4 Å². The number of imidazole rings is 1. The number of aromatic nitrogens is 2. The summed E-state index contributed by atoms with van der Waals surface area (Å²) in [7, 11) is 0. The number of nitrogens with zero attached hydrogens (tertiary/aromatic N) is 2. The summed E-state index contributed by atoms with van der Waals surface area (Å²) in [6.07, 6.45) is 3.59. The van der Waals surface area contributed by atoms with Gasteiger partial charge in [0.15, 0.2) is 11.4 Å². The number of para-hydroxylation sites is 2. The Kier molecular flexibility index (Phi) is 11.7. The summed E-state index contributed by atoms with van der Waals surface area (Å²) in [5.74, 6) is -0.217. The maximum absolute atomic E-state index is 12.7. The van der Waals surface area contributed by atoms with Gasteiger partial charge in [0.05, 0.1) is 43.1 Å². The number of carbonyl (C=O) groups is 2. The highest BCUT2D eigenvalue weighted by Crippen LogP contribution is 2.39. The SMILES string of the molecule is Nc1ccccc1NC(=O)CCCCCC(=O)Nc1cccc(C2OC(Cn3cnc(Cl)c3Cl)CC(c3ccc(CO)cc3)O2)c1. The van der Waals surface area contributed by atoms with E-state index in [9.17, 15) is 14.7 Å². The predicted octanol–water partition coefficient (Wildman–Crippen LogP) is 7.04. The Morgan fingerprint density at radius 2 is 1.65 bits per heavy atom. The van der Waals surface area contributed by atoms with Crippen molar-refractivity contribution >= 4 is 52.1 Å². The molecule has 46 heavy (non-hydrogen) atoms. The molecule has 2 heterocycles. The summed E-state index contributed by atoms with van der Waals surface area (Å²) in [6, 6.07) is 22.2. The van der Waals surface area contributed by atoms with Gasteiger partial charge in [0.2, 0.25) is 11.8 Å². The second-order valence-electron chi connectivity index (χ2n) is 11.2. The number of nitrogens with two attached hydrogens (primary N) is 1. The first kappa shape index (κ1) is 33.4. The fraction of sp³-hybridized carbons (Fsp3) is 0.324. The second-order valence-corrected chi connectivity index (χ2v) is 11.9. The lowest BCUT2D eigenvalue weighted by Gasteiger charge is -2.36. The molecule has 2 amide bonds. The number of halogens is 2. The maximum Gasteiger partial charge on any atom is 0.224 e. The number of carbonyl (C=O) groups excluding carboxylic acids is 2.